The van der Waals surface area contributed by atoms with E-state index in [1.54, 1.807) is 0 Å². The molecular formula is C27H30N4. The summed E-state index contributed by atoms with van der Waals surface area (Å²) in [5.74, 6) is 1.43. The number of hydrogen-bond acceptors (Lipinski definition) is 2. The zero-order valence-corrected chi connectivity index (χ0v) is 18.5. The maximum atomic E-state index is 6.12. The van der Waals surface area contributed by atoms with Crippen molar-refractivity contribution in [2.75, 3.05) is 0 Å². The Bertz CT molecular complexity index is 1180. The summed E-state index contributed by atoms with van der Waals surface area (Å²) in [4.78, 5) is 12.6. The maximum absolute atomic E-state index is 6.12. The third-order valence-corrected chi connectivity index (χ3v) is 5.54. The Morgan fingerprint density at radius 3 is 2.13 bits per heavy atom. The van der Waals surface area contributed by atoms with Gasteiger partial charge < -0.3 is 10.7 Å². The monoisotopic (exact) mass is 410 g/mol. The fourth-order valence-electron chi connectivity index (χ4n) is 3.72. The van der Waals surface area contributed by atoms with Crippen LogP contribution in [0.2, 0.25) is 0 Å². The fourth-order valence-corrected chi connectivity index (χ4v) is 3.72. The number of fused-ring (bicyclic) bond motifs is 1. The standard InChI is InChI=1S/C27H30N4/c1-4-19-5-7-20(8-6-19)9-10-21-11-13-22(14-12-21)27-30-24-16-15-23(17-25(24)31-27)26(28)29-18(2)3/h5-8,11-18H,4,9-10H2,1-3H3,(H2,28,29)(H,30,31). The van der Waals surface area contributed by atoms with Crippen LogP contribution < -0.4 is 5.73 Å². The van der Waals surface area contributed by atoms with E-state index in [0.717, 1.165) is 47.2 Å². The van der Waals surface area contributed by atoms with Gasteiger partial charge in [-0.15, -0.1) is 0 Å². The van der Waals surface area contributed by atoms with E-state index in [0.29, 0.717) is 5.84 Å². The third kappa shape index (κ3) is 5.02. The largest absolute Gasteiger partial charge is 0.383 e. The molecule has 0 saturated carbocycles. The van der Waals surface area contributed by atoms with Crippen molar-refractivity contribution in [1.82, 2.24) is 9.97 Å². The van der Waals surface area contributed by atoms with Gasteiger partial charge in [0.2, 0.25) is 0 Å². The minimum Gasteiger partial charge on any atom is -0.383 e. The zero-order chi connectivity index (χ0) is 21.8. The quantitative estimate of drug-likeness (QED) is 0.303. The van der Waals surface area contributed by atoms with Crippen LogP contribution in [0.25, 0.3) is 22.4 Å². The molecule has 0 radical (unpaired) electrons. The predicted molar refractivity (Wildman–Crippen MR) is 131 cm³/mol. The molecule has 0 fully saturated rings. The highest BCUT2D eigenvalue weighted by Gasteiger charge is 2.08. The van der Waals surface area contributed by atoms with Crippen molar-refractivity contribution in [3.05, 3.63) is 89.0 Å². The van der Waals surface area contributed by atoms with Crippen molar-refractivity contribution in [3.63, 3.8) is 0 Å². The Balaban J connectivity index is 1.47. The molecule has 0 saturated heterocycles. The molecule has 31 heavy (non-hydrogen) atoms. The summed E-state index contributed by atoms with van der Waals surface area (Å²) in [7, 11) is 0. The first-order valence-corrected chi connectivity index (χ1v) is 11.0. The molecule has 158 valence electrons. The van der Waals surface area contributed by atoms with Crippen molar-refractivity contribution in [1.29, 1.82) is 0 Å². The van der Waals surface area contributed by atoms with E-state index in [1.165, 1.54) is 16.7 Å². The lowest BCUT2D eigenvalue weighted by Gasteiger charge is -2.05. The highest BCUT2D eigenvalue weighted by atomic mass is 14.9. The number of nitrogens with one attached hydrogen (secondary N) is 1. The number of aliphatic imine (C=N–C) groups is 1. The highest BCUT2D eigenvalue weighted by Crippen LogP contribution is 2.22. The minimum atomic E-state index is 0.169. The van der Waals surface area contributed by atoms with Crippen LogP contribution in [-0.4, -0.2) is 21.8 Å². The molecule has 1 aromatic heterocycles. The Morgan fingerprint density at radius 2 is 1.52 bits per heavy atom. The average Bonchev–Trinajstić information content (AvgIpc) is 3.21. The van der Waals surface area contributed by atoms with E-state index in [-0.39, 0.29) is 6.04 Å². The van der Waals surface area contributed by atoms with Gasteiger partial charge in [0.05, 0.1) is 11.0 Å². The molecule has 0 aliphatic heterocycles. The number of aryl methyl sites for hydroxylation is 3. The smallest absolute Gasteiger partial charge is 0.138 e. The lowest BCUT2D eigenvalue weighted by Crippen LogP contribution is -2.15. The van der Waals surface area contributed by atoms with E-state index in [1.807, 2.05) is 32.0 Å². The summed E-state index contributed by atoms with van der Waals surface area (Å²) >= 11 is 0. The predicted octanol–water partition coefficient (Wildman–Crippen LogP) is 5.69. The Kier molecular flexibility index (Phi) is 6.17. The third-order valence-electron chi connectivity index (χ3n) is 5.54. The van der Waals surface area contributed by atoms with E-state index in [4.69, 9.17) is 10.7 Å². The highest BCUT2D eigenvalue weighted by molar-refractivity contribution is 6.00. The van der Waals surface area contributed by atoms with Gasteiger partial charge in [-0.1, -0.05) is 55.5 Å². The van der Waals surface area contributed by atoms with Gasteiger partial charge in [-0.2, -0.15) is 0 Å². The van der Waals surface area contributed by atoms with Gasteiger partial charge in [-0.3, -0.25) is 4.99 Å². The SMILES string of the molecule is CCc1ccc(CCc2ccc(-c3nc4ccc(C(N)=NC(C)C)cc4[nH]3)cc2)cc1. The molecule has 0 aliphatic rings. The summed E-state index contributed by atoms with van der Waals surface area (Å²) in [6.07, 6.45) is 3.17. The summed E-state index contributed by atoms with van der Waals surface area (Å²) in [5.41, 5.74) is 14.1. The van der Waals surface area contributed by atoms with Gasteiger partial charge in [-0.25, -0.2) is 4.98 Å². The first-order valence-electron chi connectivity index (χ1n) is 11.0. The topological polar surface area (TPSA) is 67.1 Å². The van der Waals surface area contributed by atoms with Gasteiger partial charge in [0.1, 0.15) is 11.7 Å². The second-order valence-electron chi connectivity index (χ2n) is 8.29. The molecule has 0 atom stereocenters. The van der Waals surface area contributed by atoms with Crippen LogP contribution in [0.15, 0.2) is 71.7 Å². The first-order chi connectivity index (χ1) is 15.0. The van der Waals surface area contributed by atoms with E-state index in [9.17, 15) is 0 Å². The molecule has 4 rings (SSSR count). The summed E-state index contributed by atoms with van der Waals surface area (Å²) in [5, 5.41) is 0. The molecule has 0 bridgehead atoms. The summed E-state index contributed by atoms with van der Waals surface area (Å²) in [6.45, 7) is 6.23. The minimum absolute atomic E-state index is 0.169. The molecule has 1 heterocycles. The van der Waals surface area contributed by atoms with Gasteiger partial charge in [-0.05, 0) is 68.0 Å². The van der Waals surface area contributed by atoms with Crippen LogP contribution in [0.4, 0.5) is 0 Å². The first kappa shape index (κ1) is 20.9. The number of imidazole rings is 1. The number of H-pyrrole nitrogens is 1. The van der Waals surface area contributed by atoms with Gasteiger partial charge in [0.25, 0.3) is 0 Å². The molecule has 3 aromatic carbocycles. The van der Waals surface area contributed by atoms with E-state index >= 15 is 0 Å². The number of rotatable bonds is 7. The number of hydrogen-bond donors (Lipinski definition) is 2. The van der Waals surface area contributed by atoms with Gasteiger partial charge in [0, 0.05) is 17.2 Å². The second-order valence-corrected chi connectivity index (χ2v) is 8.29. The van der Waals surface area contributed by atoms with Crippen LogP contribution in [0.3, 0.4) is 0 Å². The molecular weight excluding hydrogens is 380 g/mol. The molecule has 4 aromatic rings. The van der Waals surface area contributed by atoms with Crippen molar-refractivity contribution in [3.8, 4) is 11.4 Å². The maximum Gasteiger partial charge on any atom is 0.138 e. The van der Waals surface area contributed by atoms with Crippen molar-refractivity contribution in [2.45, 2.75) is 46.1 Å². The molecule has 0 aliphatic carbocycles. The molecule has 0 amide bonds. The van der Waals surface area contributed by atoms with Gasteiger partial charge >= 0.3 is 0 Å². The number of benzene rings is 3. The van der Waals surface area contributed by atoms with Crippen molar-refractivity contribution < 1.29 is 0 Å². The molecule has 4 heteroatoms. The van der Waals surface area contributed by atoms with Crippen LogP contribution >= 0.6 is 0 Å². The van der Waals surface area contributed by atoms with Crippen LogP contribution in [0.5, 0.6) is 0 Å². The van der Waals surface area contributed by atoms with Crippen LogP contribution in [0, 0.1) is 0 Å². The van der Waals surface area contributed by atoms with E-state index < -0.39 is 0 Å². The zero-order valence-electron chi connectivity index (χ0n) is 18.5. The normalized spacial score (nSPS) is 12.1. The molecule has 0 unspecified atom stereocenters. The Morgan fingerprint density at radius 1 is 0.903 bits per heavy atom. The number of nitrogens with zero attached hydrogens (tertiary/aromatic N) is 2. The Labute approximate surface area is 184 Å². The fraction of sp³-hybridized carbons (Fsp3) is 0.259. The van der Waals surface area contributed by atoms with Crippen molar-refractivity contribution >= 4 is 16.9 Å². The van der Waals surface area contributed by atoms with Crippen LogP contribution in [0.1, 0.15) is 43.0 Å². The molecule has 3 N–H and O–H groups in total. The number of nitrogens with two attached hydrogens (primary N) is 1. The number of aromatic nitrogens is 2. The van der Waals surface area contributed by atoms with Crippen molar-refractivity contribution in [2.24, 2.45) is 10.7 Å². The number of aromatic amines is 1. The average molecular weight is 411 g/mol. The summed E-state index contributed by atoms with van der Waals surface area (Å²) < 4.78 is 0. The molecule has 0 spiro atoms. The summed E-state index contributed by atoms with van der Waals surface area (Å²) in [6, 6.07) is 23.8. The number of amidine groups is 1. The lowest BCUT2D eigenvalue weighted by molar-refractivity contribution is 0.834. The Hall–Kier alpha value is -3.40. The molecule has 4 nitrogen and oxygen atoms in total. The van der Waals surface area contributed by atoms with E-state index in [2.05, 4.69) is 65.4 Å². The van der Waals surface area contributed by atoms with Crippen LogP contribution in [-0.2, 0) is 19.3 Å². The van der Waals surface area contributed by atoms with Gasteiger partial charge in [0.15, 0.2) is 0 Å². The lowest BCUT2D eigenvalue weighted by atomic mass is 10.0. The second kappa shape index (κ2) is 9.17.